The van der Waals surface area contributed by atoms with Gasteiger partial charge in [-0.05, 0) is 86.5 Å². The van der Waals surface area contributed by atoms with E-state index in [-0.39, 0.29) is 35.1 Å². The summed E-state index contributed by atoms with van der Waals surface area (Å²) < 4.78 is 6.85. The number of carbonyl (C=O) groups is 1. The second-order valence-corrected chi connectivity index (χ2v) is 14.6. The van der Waals surface area contributed by atoms with Gasteiger partial charge in [0.1, 0.15) is 11.4 Å². The van der Waals surface area contributed by atoms with Gasteiger partial charge in [-0.25, -0.2) is 0 Å². The zero-order valence-corrected chi connectivity index (χ0v) is 26.3. The quantitative estimate of drug-likeness (QED) is 0.368. The van der Waals surface area contributed by atoms with Crippen molar-refractivity contribution < 1.29 is 9.53 Å². The van der Waals surface area contributed by atoms with Crippen LogP contribution in [0.2, 0.25) is 10.0 Å². The summed E-state index contributed by atoms with van der Waals surface area (Å²) in [6.07, 6.45) is 0.856. The Balaban J connectivity index is 2.16. The van der Waals surface area contributed by atoms with E-state index in [9.17, 15) is 4.79 Å². The Morgan fingerprint density at radius 1 is 1.00 bits per heavy atom. The van der Waals surface area contributed by atoms with E-state index in [0.717, 1.165) is 28.9 Å². The highest BCUT2D eigenvalue weighted by Gasteiger charge is 2.64. The summed E-state index contributed by atoms with van der Waals surface area (Å²) >= 11 is 13.0. The second kappa shape index (κ2) is 10.8. The third-order valence-electron chi connectivity index (χ3n) is 8.07. The van der Waals surface area contributed by atoms with Gasteiger partial charge in [0.25, 0.3) is 0 Å². The van der Waals surface area contributed by atoms with Crippen LogP contribution in [0.3, 0.4) is 0 Å². The third-order valence-corrected chi connectivity index (χ3v) is 8.56. The number of amides is 1. The van der Waals surface area contributed by atoms with E-state index < -0.39 is 17.1 Å². The molecule has 6 heteroatoms. The minimum atomic E-state index is -0.613. The molecule has 0 bridgehead atoms. The van der Waals surface area contributed by atoms with E-state index in [4.69, 9.17) is 27.9 Å². The minimum Gasteiger partial charge on any atom is -0.490 e. The molecule has 4 rings (SSSR count). The zero-order valence-electron chi connectivity index (χ0n) is 24.8. The first-order valence-corrected chi connectivity index (χ1v) is 14.8. The van der Waals surface area contributed by atoms with Crippen LogP contribution in [0, 0.1) is 23.2 Å². The number of rotatable bonds is 6. The van der Waals surface area contributed by atoms with E-state index in [1.54, 1.807) is 0 Å². The predicted octanol–water partition coefficient (Wildman–Crippen LogP) is 8.10. The summed E-state index contributed by atoms with van der Waals surface area (Å²) in [6.45, 7) is 17.3. The average molecular weight is 572 g/mol. The largest absolute Gasteiger partial charge is 0.490 e. The van der Waals surface area contributed by atoms with Gasteiger partial charge in [0.05, 0.1) is 17.5 Å². The van der Waals surface area contributed by atoms with Crippen molar-refractivity contribution in [3.63, 3.8) is 0 Å². The molecule has 212 valence electrons. The first-order chi connectivity index (χ1) is 18.1. The predicted molar refractivity (Wildman–Crippen MR) is 162 cm³/mol. The molecule has 0 aromatic heterocycles. The highest BCUT2D eigenvalue weighted by atomic mass is 35.5. The van der Waals surface area contributed by atoms with Crippen molar-refractivity contribution in [1.29, 1.82) is 0 Å². The first kappa shape index (κ1) is 30.0. The molecule has 0 saturated heterocycles. The standard InChI is InChI=1S/C33H44Cl2N2O2/c1-19(2)28-29(39-32(6,7)8)25-24(18-31(3,4)5)33(36-9,21-13-15-22(34)16-14-21)27(26(25)30(38)37-28)20-11-10-12-23(35)17-20/h10-17,19,24,26-28,36H,18H2,1-9H3,(H,37,38). The zero-order chi connectivity index (χ0) is 28.9. The molecule has 4 nitrogen and oxygen atoms in total. The van der Waals surface area contributed by atoms with Crippen LogP contribution >= 0.6 is 23.2 Å². The van der Waals surface area contributed by atoms with Gasteiger partial charge in [0.15, 0.2) is 0 Å². The third kappa shape index (κ3) is 5.76. The molecule has 2 aliphatic rings. The summed E-state index contributed by atoms with van der Waals surface area (Å²) in [5.74, 6) is 0.444. The Bertz CT molecular complexity index is 1240. The van der Waals surface area contributed by atoms with Crippen molar-refractivity contribution in [2.24, 2.45) is 23.2 Å². The summed E-state index contributed by atoms with van der Waals surface area (Å²) in [5.41, 5.74) is 2.17. The van der Waals surface area contributed by atoms with Gasteiger partial charge in [-0.1, -0.05) is 82.1 Å². The molecule has 5 unspecified atom stereocenters. The molecule has 0 spiro atoms. The van der Waals surface area contributed by atoms with E-state index in [2.05, 4.69) is 84.2 Å². The van der Waals surface area contributed by atoms with Crippen LogP contribution < -0.4 is 10.6 Å². The van der Waals surface area contributed by atoms with Gasteiger partial charge in [-0.15, -0.1) is 0 Å². The van der Waals surface area contributed by atoms with Crippen molar-refractivity contribution >= 4 is 29.1 Å². The summed E-state index contributed by atoms with van der Waals surface area (Å²) in [4.78, 5) is 14.3. The van der Waals surface area contributed by atoms with Crippen LogP contribution in [0.1, 0.15) is 78.9 Å². The lowest BCUT2D eigenvalue weighted by molar-refractivity contribution is -0.127. The highest BCUT2D eigenvalue weighted by molar-refractivity contribution is 6.30. The van der Waals surface area contributed by atoms with Crippen LogP contribution in [-0.2, 0) is 15.1 Å². The Labute approximate surface area is 244 Å². The topological polar surface area (TPSA) is 50.4 Å². The molecule has 39 heavy (non-hydrogen) atoms. The molecule has 1 aliphatic heterocycles. The normalized spacial score (nSPS) is 27.5. The minimum absolute atomic E-state index is 0.0198. The molecule has 0 radical (unpaired) electrons. The maximum absolute atomic E-state index is 14.3. The molecule has 1 fully saturated rings. The molecule has 2 N–H and O–H groups in total. The van der Waals surface area contributed by atoms with Gasteiger partial charge in [-0.2, -0.15) is 0 Å². The number of hydrogen-bond acceptors (Lipinski definition) is 3. The highest BCUT2D eigenvalue weighted by Crippen LogP contribution is 2.63. The van der Waals surface area contributed by atoms with Crippen LogP contribution in [0.5, 0.6) is 0 Å². The fourth-order valence-corrected chi connectivity index (χ4v) is 7.09. The number of carbonyl (C=O) groups excluding carboxylic acids is 1. The summed E-state index contributed by atoms with van der Waals surface area (Å²) in [5, 5.41) is 8.51. The Morgan fingerprint density at radius 3 is 2.15 bits per heavy atom. The molecule has 5 atom stereocenters. The number of hydrogen-bond donors (Lipinski definition) is 2. The lowest BCUT2D eigenvalue weighted by Crippen LogP contribution is -2.51. The number of likely N-dealkylation sites (N-methyl/N-ethyl adjacent to an activating group) is 1. The van der Waals surface area contributed by atoms with E-state index in [0.29, 0.717) is 10.0 Å². The monoisotopic (exact) mass is 570 g/mol. The van der Waals surface area contributed by atoms with Crippen molar-refractivity contribution in [2.75, 3.05) is 7.05 Å². The van der Waals surface area contributed by atoms with Crippen LogP contribution in [-0.4, -0.2) is 24.6 Å². The molecule has 1 saturated carbocycles. The number of benzene rings is 2. The molecule has 1 amide bonds. The van der Waals surface area contributed by atoms with Crippen molar-refractivity contribution in [3.8, 4) is 0 Å². The maximum atomic E-state index is 14.3. The van der Waals surface area contributed by atoms with Gasteiger partial charge in [0, 0.05) is 21.9 Å². The smallest absolute Gasteiger partial charge is 0.228 e. The van der Waals surface area contributed by atoms with Crippen LogP contribution in [0.15, 0.2) is 59.9 Å². The number of fused-ring (bicyclic) bond motifs is 1. The fourth-order valence-electron chi connectivity index (χ4n) is 6.77. The van der Waals surface area contributed by atoms with Gasteiger partial charge >= 0.3 is 0 Å². The Morgan fingerprint density at radius 2 is 1.64 bits per heavy atom. The molecular weight excluding hydrogens is 527 g/mol. The van der Waals surface area contributed by atoms with Gasteiger partial charge in [0.2, 0.25) is 5.91 Å². The second-order valence-electron chi connectivity index (χ2n) is 13.7. The molecular formula is C33H44Cl2N2O2. The SMILES string of the molecule is CNC1(c2ccc(Cl)cc2)C(CC(C)(C)C)C2=C(OC(C)(C)C)C(C(C)C)NC(=O)C2C1c1cccc(Cl)c1. The summed E-state index contributed by atoms with van der Waals surface area (Å²) in [6, 6.07) is 15.9. The van der Waals surface area contributed by atoms with Crippen LogP contribution in [0.4, 0.5) is 0 Å². The van der Waals surface area contributed by atoms with E-state index in [1.165, 1.54) is 0 Å². The Hall–Kier alpha value is -2.01. The van der Waals surface area contributed by atoms with Crippen molar-refractivity contribution in [1.82, 2.24) is 10.6 Å². The number of halogens is 2. The molecule has 2 aromatic carbocycles. The van der Waals surface area contributed by atoms with Crippen molar-refractivity contribution in [2.45, 2.75) is 84.9 Å². The fraction of sp³-hybridized carbons (Fsp3) is 0.545. The Kier molecular flexibility index (Phi) is 8.27. The lowest BCUT2D eigenvalue weighted by Gasteiger charge is -2.43. The van der Waals surface area contributed by atoms with Gasteiger partial charge < -0.3 is 15.4 Å². The molecule has 2 aromatic rings. The first-order valence-electron chi connectivity index (χ1n) is 14.0. The van der Waals surface area contributed by atoms with Crippen LogP contribution in [0.25, 0.3) is 0 Å². The van der Waals surface area contributed by atoms with Crippen molar-refractivity contribution in [3.05, 3.63) is 81.0 Å². The molecule has 1 heterocycles. The van der Waals surface area contributed by atoms with E-state index >= 15 is 0 Å². The van der Waals surface area contributed by atoms with Gasteiger partial charge in [-0.3, -0.25) is 4.79 Å². The number of nitrogens with one attached hydrogen (secondary N) is 2. The number of ether oxygens (including phenoxy) is 1. The summed E-state index contributed by atoms with van der Waals surface area (Å²) in [7, 11) is 2.02. The molecule has 1 aliphatic carbocycles. The lowest BCUT2D eigenvalue weighted by atomic mass is 9.67. The average Bonchev–Trinajstić information content (AvgIpc) is 3.10. The maximum Gasteiger partial charge on any atom is 0.228 e. The van der Waals surface area contributed by atoms with E-state index in [1.807, 2.05) is 37.4 Å².